The Morgan fingerprint density at radius 1 is 0.857 bits per heavy atom. The van der Waals surface area contributed by atoms with Gasteiger partial charge in [-0.05, 0) is 13.8 Å². The molecule has 0 spiro atoms. The fourth-order valence-electron chi connectivity index (χ4n) is 0.639. The van der Waals surface area contributed by atoms with Crippen LogP contribution in [-0.2, 0) is 0 Å². The molecule has 0 fully saturated rings. The topological polar surface area (TPSA) is 41.8 Å². The number of urea groups is 1. The molecule has 0 aliphatic heterocycles. The Kier molecular flexibility index (Phi) is 8.14. The fourth-order valence-corrected chi connectivity index (χ4v) is 0.639. The van der Waals surface area contributed by atoms with Crippen LogP contribution < -0.4 is 0 Å². The summed E-state index contributed by atoms with van der Waals surface area (Å²) in [5, 5.41) is 0. The normalized spacial score (nSPS) is 9.86. The van der Waals surface area contributed by atoms with Crippen molar-refractivity contribution in [2.24, 2.45) is 9.98 Å². The molecular weight excluding hydrogens is 176 g/mol. The molecule has 3 heteroatoms. The maximum absolute atomic E-state index is 10.2. The third-order valence-electron chi connectivity index (χ3n) is 1.15. The maximum Gasteiger partial charge on any atom is 0.366 e. The van der Waals surface area contributed by atoms with Gasteiger partial charge in [-0.15, -0.1) is 0 Å². The Hall–Kier alpha value is -1.77. The average molecular weight is 190 g/mol. The van der Waals surface area contributed by atoms with Crippen LogP contribution in [0.1, 0.15) is 13.8 Å². The van der Waals surface area contributed by atoms with Crippen molar-refractivity contribution in [2.45, 2.75) is 13.8 Å². The van der Waals surface area contributed by atoms with Crippen LogP contribution in [0.2, 0.25) is 0 Å². The highest BCUT2D eigenvalue weighted by Gasteiger charge is 1.83. The first-order valence-corrected chi connectivity index (χ1v) is 4.32. The molecule has 1 rings (SSSR count). The van der Waals surface area contributed by atoms with Crippen LogP contribution in [0.25, 0.3) is 0 Å². The van der Waals surface area contributed by atoms with Crippen LogP contribution in [-0.4, -0.2) is 18.5 Å². The van der Waals surface area contributed by atoms with Crippen molar-refractivity contribution >= 4 is 18.5 Å². The number of hydrogen-bond acceptors (Lipinski definition) is 1. The Morgan fingerprint density at radius 3 is 1.36 bits per heavy atom. The van der Waals surface area contributed by atoms with E-state index in [1.807, 2.05) is 36.4 Å². The second-order valence-corrected chi connectivity index (χ2v) is 2.21. The van der Waals surface area contributed by atoms with E-state index in [2.05, 4.69) is 9.98 Å². The van der Waals surface area contributed by atoms with Gasteiger partial charge in [0.05, 0.1) is 0 Å². The number of benzene rings is 1. The molecule has 0 radical (unpaired) electrons. The zero-order chi connectivity index (χ0) is 10.6. The highest BCUT2D eigenvalue weighted by Crippen LogP contribution is 1.80. The summed E-state index contributed by atoms with van der Waals surface area (Å²) in [7, 11) is 0. The van der Waals surface area contributed by atoms with Crippen molar-refractivity contribution in [1.29, 1.82) is 0 Å². The molecule has 0 saturated heterocycles. The van der Waals surface area contributed by atoms with Crippen molar-refractivity contribution in [3.8, 4) is 0 Å². The predicted molar refractivity (Wildman–Crippen MR) is 60.2 cm³/mol. The number of carbonyl (C=O) groups excluding carboxylic acids is 1. The second kappa shape index (κ2) is 9.32. The van der Waals surface area contributed by atoms with E-state index in [-0.39, 0.29) is 0 Å². The van der Waals surface area contributed by atoms with Gasteiger partial charge >= 0.3 is 6.03 Å². The first kappa shape index (κ1) is 12.2. The molecule has 1 aromatic rings. The van der Waals surface area contributed by atoms with Gasteiger partial charge in [-0.1, -0.05) is 36.4 Å². The maximum atomic E-state index is 10.2. The van der Waals surface area contributed by atoms with E-state index >= 15 is 0 Å². The number of rotatable bonds is 0. The number of amides is 2. The number of carbonyl (C=O) groups is 1. The van der Waals surface area contributed by atoms with E-state index < -0.39 is 6.03 Å². The van der Waals surface area contributed by atoms with Gasteiger partial charge in [0.15, 0.2) is 0 Å². The van der Waals surface area contributed by atoms with Gasteiger partial charge < -0.3 is 0 Å². The van der Waals surface area contributed by atoms with E-state index in [4.69, 9.17) is 0 Å². The first-order chi connectivity index (χ1) is 6.81. The average Bonchev–Trinajstić information content (AvgIpc) is 2.22. The Balaban J connectivity index is 0.000000249. The summed E-state index contributed by atoms with van der Waals surface area (Å²) >= 11 is 0. The lowest BCUT2D eigenvalue weighted by Crippen LogP contribution is -1.82. The Morgan fingerprint density at radius 2 is 1.14 bits per heavy atom. The SMILES string of the molecule is CC=NC(=O)N=CC.c1ccccc1. The number of hydrogen-bond donors (Lipinski definition) is 0. The van der Waals surface area contributed by atoms with Crippen LogP contribution in [0.4, 0.5) is 4.79 Å². The van der Waals surface area contributed by atoms with Crippen LogP contribution >= 0.6 is 0 Å². The quantitative estimate of drug-likeness (QED) is 0.580. The summed E-state index contributed by atoms with van der Waals surface area (Å²) in [5.41, 5.74) is 0. The minimum atomic E-state index is -0.449. The standard InChI is InChI=1S/C6H6.C5H8N2O/c1-2-4-6-5-3-1;1-3-6-5(8)7-4-2/h1-6H;3-4H,1-2H3. The zero-order valence-corrected chi connectivity index (χ0v) is 8.42. The molecule has 0 aliphatic carbocycles. The van der Waals surface area contributed by atoms with E-state index in [0.717, 1.165) is 0 Å². The molecule has 0 atom stereocenters. The molecule has 0 aromatic heterocycles. The van der Waals surface area contributed by atoms with Gasteiger partial charge in [0.25, 0.3) is 0 Å². The highest BCUT2D eigenvalue weighted by atomic mass is 16.2. The smallest absolute Gasteiger partial charge is 0.244 e. The summed E-state index contributed by atoms with van der Waals surface area (Å²) in [6, 6.07) is 11.6. The molecule has 0 unspecified atom stereocenters. The van der Waals surface area contributed by atoms with E-state index in [1.54, 1.807) is 13.8 Å². The monoisotopic (exact) mass is 190 g/mol. The molecule has 74 valence electrons. The molecule has 0 heterocycles. The van der Waals surface area contributed by atoms with Crippen LogP contribution in [0.15, 0.2) is 46.4 Å². The van der Waals surface area contributed by atoms with Crippen LogP contribution in [0, 0.1) is 0 Å². The van der Waals surface area contributed by atoms with E-state index in [9.17, 15) is 4.79 Å². The molecule has 0 bridgehead atoms. The number of aliphatic imine (C=N–C) groups is 2. The third kappa shape index (κ3) is 8.33. The van der Waals surface area contributed by atoms with Gasteiger partial charge in [-0.25, -0.2) is 14.8 Å². The molecule has 0 aliphatic rings. The van der Waals surface area contributed by atoms with E-state index in [1.165, 1.54) is 12.4 Å². The Bertz CT molecular complexity index is 251. The van der Waals surface area contributed by atoms with Crippen molar-refractivity contribution in [3.63, 3.8) is 0 Å². The molecule has 2 amide bonds. The lowest BCUT2D eigenvalue weighted by Gasteiger charge is -1.75. The molecule has 0 saturated carbocycles. The van der Waals surface area contributed by atoms with Gasteiger partial charge in [0.1, 0.15) is 0 Å². The van der Waals surface area contributed by atoms with Crippen molar-refractivity contribution in [3.05, 3.63) is 36.4 Å². The van der Waals surface area contributed by atoms with E-state index in [0.29, 0.717) is 0 Å². The zero-order valence-electron chi connectivity index (χ0n) is 8.42. The minimum absolute atomic E-state index is 0.449. The molecule has 14 heavy (non-hydrogen) atoms. The van der Waals surface area contributed by atoms with Gasteiger partial charge in [0, 0.05) is 12.4 Å². The van der Waals surface area contributed by atoms with Gasteiger partial charge in [-0.3, -0.25) is 0 Å². The second-order valence-electron chi connectivity index (χ2n) is 2.21. The van der Waals surface area contributed by atoms with Crippen molar-refractivity contribution in [1.82, 2.24) is 0 Å². The van der Waals surface area contributed by atoms with Gasteiger partial charge in [-0.2, -0.15) is 0 Å². The molecule has 3 nitrogen and oxygen atoms in total. The highest BCUT2D eigenvalue weighted by molar-refractivity contribution is 5.88. The minimum Gasteiger partial charge on any atom is -0.244 e. The summed E-state index contributed by atoms with van der Waals surface area (Å²) in [5.74, 6) is 0. The lowest BCUT2D eigenvalue weighted by molar-refractivity contribution is 0.257. The largest absolute Gasteiger partial charge is 0.366 e. The predicted octanol–water partition coefficient (Wildman–Crippen LogP) is 2.97. The number of nitrogens with zero attached hydrogens (tertiary/aromatic N) is 2. The lowest BCUT2D eigenvalue weighted by atomic mass is 10.4. The van der Waals surface area contributed by atoms with Crippen LogP contribution in [0.5, 0.6) is 0 Å². The summed E-state index contributed by atoms with van der Waals surface area (Å²) < 4.78 is 0. The summed E-state index contributed by atoms with van der Waals surface area (Å²) in [6.45, 7) is 3.34. The van der Waals surface area contributed by atoms with Gasteiger partial charge in [0.2, 0.25) is 0 Å². The molecule has 1 aromatic carbocycles. The fraction of sp³-hybridized carbons (Fsp3) is 0.182. The Labute approximate surface area is 84.2 Å². The molecular formula is C11H14N2O. The van der Waals surface area contributed by atoms with Crippen molar-refractivity contribution < 1.29 is 4.79 Å². The van der Waals surface area contributed by atoms with Crippen LogP contribution in [0.3, 0.4) is 0 Å². The third-order valence-corrected chi connectivity index (χ3v) is 1.15. The summed E-state index contributed by atoms with van der Waals surface area (Å²) in [4.78, 5) is 17.0. The summed E-state index contributed by atoms with van der Waals surface area (Å²) in [6.07, 6.45) is 2.82. The molecule has 0 N–H and O–H groups in total. The first-order valence-electron chi connectivity index (χ1n) is 4.32. The van der Waals surface area contributed by atoms with Crippen molar-refractivity contribution in [2.75, 3.05) is 0 Å².